The van der Waals surface area contributed by atoms with Crippen molar-refractivity contribution in [3.8, 4) is 0 Å². The highest BCUT2D eigenvalue weighted by molar-refractivity contribution is 7.17. The first-order chi connectivity index (χ1) is 7.34. The number of anilines is 1. The third-order valence-corrected chi connectivity index (χ3v) is 3.59. The summed E-state index contributed by atoms with van der Waals surface area (Å²) in [5.74, 6) is 0.964. The van der Waals surface area contributed by atoms with Crippen LogP contribution in [0.3, 0.4) is 0 Å². The summed E-state index contributed by atoms with van der Waals surface area (Å²) in [6.45, 7) is 1.56. The highest BCUT2D eigenvalue weighted by atomic mass is 32.1. The highest BCUT2D eigenvalue weighted by Gasteiger charge is 2.23. The lowest BCUT2D eigenvalue weighted by Crippen LogP contribution is -2.22. The fourth-order valence-corrected chi connectivity index (χ4v) is 2.80. The van der Waals surface area contributed by atoms with E-state index in [-0.39, 0.29) is 6.10 Å². The van der Waals surface area contributed by atoms with Crippen LogP contribution in [0.1, 0.15) is 6.42 Å². The molecule has 78 valence electrons. The lowest BCUT2D eigenvalue weighted by molar-refractivity contribution is 0.198. The van der Waals surface area contributed by atoms with Gasteiger partial charge in [0.15, 0.2) is 0 Å². The Kier molecular flexibility index (Phi) is 2.07. The number of nitrogens with zero attached hydrogens (tertiary/aromatic N) is 3. The standard InChI is InChI=1S/C10H11N3OS/c14-7-1-3-13(5-7)10-9-8(2-4-15-9)11-6-12-10/h2,4,6-7,14H,1,3,5H2/t7-/m0/s1. The van der Waals surface area contributed by atoms with Crippen molar-refractivity contribution in [2.45, 2.75) is 12.5 Å². The molecule has 0 unspecified atom stereocenters. The smallest absolute Gasteiger partial charge is 0.150 e. The van der Waals surface area contributed by atoms with Crippen molar-refractivity contribution in [2.24, 2.45) is 0 Å². The van der Waals surface area contributed by atoms with E-state index in [9.17, 15) is 5.11 Å². The number of β-amino-alcohol motifs (C(OH)–C–C–N with tert-alkyl or cyclic N) is 1. The summed E-state index contributed by atoms with van der Waals surface area (Å²) in [5.41, 5.74) is 0.992. The van der Waals surface area contributed by atoms with Gasteiger partial charge in [-0.05, 0) is 17.9 Å². The van der Waals surface area contributed by atoms with Gasteiger partial charge in [-0.25, -0.2) is 9.97 Å². The maximum Gasteiger partial charge on any atom is 0.150 e. The maximum atomic E-state index is 9.50. The Labute approximate surface area is 91.2 Å². The molecule has 0 saturated carbocycles. The summed E-state index contributed by atoms with van der Waals surface area (Å²) in [6, 6.07) is 2.00. The largest absolute Gasteiger partial charge is 0.391 e. The van der Waals surface area contributed by atoms with E-state index < -0.39 is 0 Å². The number of hydrogen-bond donors (Lipinski definition) is 1. The molecule has 2 aromatic rings. The number of aromatic nitrogens is 2. The van der Waals surface area contributed by atoms with E-state index >= 15 is 0 Å². The fraction of sp³-hybridized carbons (Fsp3) is 0.400. The van der Waals surface area contributed by atoms with E-state index in [1.54, 1.807) is 17.7 Å². The molecular weight excluding hydrogens is 210 g/mol. The van der Waals surface area contributed by atoms with Gasteiger partial charge in [-0.15, -0.1) is 11.3 Å². The molecule has 0 radical (unpaired) electrons. The van der Waals surface area contributed by atoms with Crippen molar-refractivity contribution in [3.63, 3.8) is 0 Å². The van der Waals surface area contributed by atoms with Gasteiger partial charge in [-0.2, -0.15) is 0 Å². The van der Waals surface area contributed by atoms with Gasteiger partial charge in [0, 0.05) is 13.1 Å². The van der Waals surface area contributed by atoms with Crippen molar-refractivity contribution in [1.29, 1.82) is 0 Å². The van der Waals surface area contributed by atoms with Crippen LogP contribution in [0.15, 0.2) is 17.8 Å². The van der Waals surface area contributed by atoms with E-state index in [0.717, 1.165) is 29.0 Å². The van der Waals surface area contributed by atoms with E-state index in [0.29, 0.717) is 6.54 Å². The average Bonchev–Trinajstić information content (AvgIpc) is 2.84. The molecule has 2 aromatic heterocycles. The number of thiophene rings is 1. The molecule has 0 bridgehead atoms. The zero-order chi connectivity index (χ0) is 10.3. The second kappa shape index (κ2) is 3.43. The van der Waals surface area contributed by atoms with Crippen LogP contribution in [0.2, 0.25) is 0 Å². The Morgan fingerprint density at radius 3 is 3.20 bits per heavy atom. The zero-order valence-electron chi connectivity index (χ0n) is 8.13. The highest BCUT2D eigenvalue weighted by Crippen LogP contribution is 2.29. The van der Waals surface area contributed by atoms with Gasteiger partial charge in [0.25, 0.3) is 0 Å². The molecule has 3 rings (SSSR count). The number of fused-ring (bicyclic) bond motifs is 1. The first kappa shape index (κ1) is 9.06. The van der Waals surface area contributed by atoms with Gasteiger partial charge in [0.1, 0.15) is 12.1 Å². The van der Waals surface area contributed by atoms with Crippen LogP contribution in [0.4, 0.5) is 5.82 Å². The number of aliphatic hydroxyl groups is 1. The lowest BCUT2D eigenvalue weighted by Gasteiger charge is -2.16. The van der Waals surface area contributed by atoms with Gasteiger partial charge >= 0.3 is 0 Å². The molecule has 0 spiro atoms. The zero-order valence-corrected chi connectivity index (χ0v) is 8.94. The van der Waals surface area contributed by atoms with E-state index in [4.69, 9.17) is 0 Å². The lowest BCUT2D eigenvalue weighted by atomic mass is 10.3. The van der Waals surface area contributed by atoms with Crippen molar-refractivity contribution in [3.05, 3.63) is 17.8 Å². The van der Waals surface area contributed by atoms with Crippen LogP contribution in [-0.4, -0.2) is 34.3 Å². The third kappa shape index (κ3) is 1.48. The van der Waals surface area contributed by atoms with Crippen LogP contribution in [-0.2, 0) is 0 Å². The van der Waals surface area contributed by atoms with E-state index in [2.05, 4.69) is 14.9 Å². The van der Waals surface area contributed by atoms with Crippen molar-refractivity contribution in [1.82, 2.24) is 9.97 Å². The van der Waals surface area contributed by atoms with E-state index in [1.807, 2.05) is 11.4 Å². The average molecular weight is 221 g/mol. The van der Waals surface area contributed by atoms with Gasteiger partial charge in [-0.3, -0.25) is 0 Å². The van der Waals surface area contributed by atoms with Gasteiger partial charge in [0.2, 0.25) is 0 Å². The Hall–Kier alpha value is -1.20. The van der Waals surface area contributed by atoms with Gasteiger partial charge in [-0.1, -0.05) is 0 Å². The quantitative estimate of drug-likeness (QED) is 0.787. The van der Waals surface area contributed by atoms with Crippen LogP contribution >= 0.6 is 11.3 Å². The molecule has 1 N–H and O–H groups in total. The summed E-state index contributed by atoms with van der Waals surface area (Å²) in [6.07, 6.45) is 2.21. The molecule has 15 heavy (non-hydrogen) atoms. The molecule has 1 atom stereocenters. The van der Waals surface area contributed by atoms with Crippen molar-refractivity contribution in [2.75, 3.05) is 18.0 Å². The minimum absolute atomic E-state index is 0.213. The number of hydrogen-bond acceptors (Lipinski definition) is 5. The van der Waals surface area contributed by atoms with Gasteiger partial charge < -0.3 is 10.0 Å². The van der Waals surface area contributed by atoms with Crippen LogP contribution in [0.25, 0.3) is 10.2 Å². The molecule has 1 fully saturated rings. The summed E-state index contributed by atoms with van der Waals surface area (Å²) >= 11 is 1.65. The summed E-state index contributed by atoms with van der Waals surface area (Å²) in [4.78, 5) is 10.6. The minimum atomic E-state index is -0.213. The summed E-state index contributed by atoms with van der Waals surface area (Å²) < 4.78 is 1.12. The molecule has 1 aliphatic heterocycles. The van der Waals surface area contributed by atoms with Crippen LogP contribution < -0.4 is 4.90 Å². The topological polar surface area (TPSA) is 49.2 Å². The molecular formula is C10H11N3OS. The predicted molar refractivity (Wildman–Crippen MR) is 60.3 cm³/mol. The molecule has 5 heteroatoms. The Balaban J connectivity index is 2.06. The van der Waals surface area contributed by atoms with Crippen molar-refractivity contribution >= 4 is 27.4 Å². The minimum Gasteiger partial charge on any atom is -0.391 e. The second-order valence-corrected chi connectivity index (χ2v) is 4.64. The summed E-state index contributed by atoms with van der Waals surface area (Å²) in [7, 11) is 0. The SMILES string of the molecule is O[C@H]1CCN(c2ncnc3ccsc23)C1. The molecule has 3 heterocycles. The second-order valence-electron chi connectivity index (χ2n) is 3.72. The third-order valence-electron chi connectivity index (χ3n) is 2.69. The maximum absolute atomic E-state index is 9.50. The van der Waals surface area contributed by atoms with Crippen LogP contribution in [0, 0.1) is 0 Å². The van der Waals surface area contributed by atoms with Gasteiger partial charge in [0.05, 0.1) is 16.3 Å². The van der Waals surface area contributed by atoms with Crippen LogP contribution in [0.5, 0.6) is 0 Å². The monoisotopic (exact) mass is 221 g/mol. The van der Waals surface area contributed by atoms with E-state index in [1.165, 1.54) is 0 Å². The Morgan fingerprint density at radius 2 is 2.40 bits per heavy atom. The van der Waals surface area contributed by atoms with Crippen molar-refractivity contribution < 1.29 is 5.11 Å². The number of aliphatic hydroxyl groups excluding tert-OH is 1. The summed E-state index contributed by atoms with van der Waals surface area (Å²) in [5, 5.41) is 11.5. The predicted octanol–water partition coefficient (Wildman–Crippen LogP) is 1.26. The number of rotatable bonds is 1. The first-order valence-corrected chi connectivity index (χ1v) is 5.84. The Bertz CT molecular complexity index is 484. The molecule has 0 aromatic carbocycles. The fourth-order valence-electron chi connectivity index (χ4n) is 1.94. The Morgan fingerprint density at radius 1 is 1.47 bits per heavy atom. The first-order valence-electron chi connectivity index (χ1n) is 4.96. The normalized spacial score (nSPS) is 21.4. The molecule has 1 aliphatic rings. The molecule has 0 aliphatic carbocycles. The molecule has 0 amide bonds. The molecule has 1 saturated heterocycles. The molecule has 4 nitrogen and oxygen atoms in total.